The van der Waals surface area contributed by atoms with Crippen molar-refractivity contribution in [3.8, 4) is 0 Å². The molecule has 18 heavy (non-hydrogen) atoms. The third-order valence-electron chi connectivity index (χ3n) is 2.62. The van der Waals surface area contributed by atoms with Crippen LogP contribution in [0.15, 0.2) is 29.6 Å². The first kappa shape index (κ1) is 12.6. The predicted molar refractivity (Wildman–Crippen MR) is 72.2 cm³/mol. The van der Waals surface area contributed by atoms with Crippen LogP contribution in [0.25, 0.3) is 0 Å². The number of pyridine rings is 1. The van der Waals surface area contributed by atoms with E-state index in [1.54, 1.807) is 23.5 Å². The molecule has 94 valence electrons. The summed E-state index contributed by atoms with van der Waals surface area (Å²) in [4.78, 5) is 16.1. The normalized spacial score (nSPS) is 10.3. The van der Waals surface area contributed by atoms with Gasteiger partial charge in [-0.1, -0.05) is 13.0 Å². The van der Waals surface area contributed by atoms with E-state index in [2.05, 4.69) is 28.7 Å². The number of aromatic carboxylic acids is 1. The molecule has 0 aliphatic carbocycles. The molecule has 4 nitrogen and oxygen atoms in total. The van der Waals surface area contributed by atoms with E-state index in [4.69, 9.17) is 5.11 Å². The molecule has 2 aromatic heterocycles. The van der Waals surface area contributed by atoms with Crippen molar-refractivity contribution >= 4 is 23.1 Å². The number of carbonyl (C=O) groups is 1. The monoisotopic (exact) mass is 262 g/mol. The summed E-state index contributed by atoms with van der Waals surface area (Å²) in [6.45, 7) is 2.80. The number of nitrogens with zero attached hydrogens (tertiary/aromatic N) is 1. The van der Waals surface area contributed by atoms with Gasteiger partial charge < -0.3 is 10.4 Å². The summed E-state index contributed by atoms with van der Waals surface area (Å²) < 4.78 is 0. The summed E-state index contributed by atoms with van der Waals surface area (Å²) in [5.41, 5.74) is 1.38. The molecule has 0 radical (unpaired) electrons. The van der Waals surface area contributed by atoms with E-state index in [9.17, 15) is 4.79 Å². The van der Waals surface area contributed by atoms with Crippen molar-refractivity contribution in [3.63, 3.8) is 0 Å². The first-order valence-corrected chi connectivity index (χ1v) is 6.58. The Morgan fingerprint density at radius 1 is 1.44 bits per heavy atom. The average molecular weight is 262 g/mol. The van der Waals surface area contributed by atoms with E-state index < -0.39 is 5.97 Å². The Kier molecular flexibility index (Phi) is 3.94. The molecule has 0 aliphatic heterocycles. The molecule has 0 bridgehead atoms. The maximum absolute atomic E-state index is 10.8. The van der Waals surface area contributed by atoms with Crippen LogP contribution in [0, 0.1) is 0 Å². The van der Waals surface area contributed by atoms with Crippen LogP contribution in [0.1, 0.15) is 27.9 Å². The summed E-state index contributed by atoms with van der Waals surface area (Å²) in [6.07, 6.45) is 1.00. The van der Waals surface area contributed by atoms with E-state index in [1.807, 2.05) is 0 Å². The Bertz CT molecular complexity index is 551. The molecule has 0 saturated heterocycles. The van der Waals surface area contributed by atoms with Gasteiger partial charge in [0, 0.05) is 4.88 Å². The van der Waals surface area contributed by atoms with E-state index in [1.165, 1.54) is 16.5 Å². The zero-order valence-electron chi connectivity index (χ0n) is 10.0. The molecule has 2 N–H and O–H groups in total. The number of nitrogens with one attached hydrogen (secondary N) is 1. The number of thiophene rings is 1. The molecule has 5 heteroatoms. The number of hydrogen-bond donors (Lipinski definition) is 2. The smallest absolute Gasteiger partial charge is 0.354 e. The molecule has 0 saturated carbocycles. The van der Waals surface area contributed by atoms with Crippen molar-refractivity contribution < 1.29 is 9.90 Å². The number of carboxylic acid groups (broad SMARTS) is 1. The number of hydrogen-bond acceptors (Lipinski definition) is 4. The van der Waals surface area contributed by atoms with Crippen molar-refractivity contribution in [2.24, 2.45) is 0 Å². The lowest BCUT2D eigenvalue weighted by molar-refractivity contribution is 0.0690. The lowest BCUT2D eigenvalue weighted by Crippen LogP contribution is -2.05. The van der Waals surface area contributed by atoms with Gasteiger partial charge in [-0.05, 0) is 35.6 Å². The highest BCUT2D eigenvalue weighted by Crippen LogP contribution is 2.18. The van der Waals surface area contributed by atoms with E-state index in [0.717, 1.165) is 6.42 Å². The highest BCUT2D eigenvalue weighted by Gasteiger charge is 2.06. The van der Waals surface area contributed by atoms with Gasteiger partial charge in [-0.2, -0.15) is 0 Å². The molecule has 0 aromatic carbocycles. The van der Waals surface area contributed by atoms with Gasteiger partial charge in [-0.3, -0.25) is 0 Å². The van der Waals surface area contributed by atoms with Gasteiger partial charge in [0.2, 0.25) is 0 Å². The molecule has 2 rings (SSSR count). The van der Waals surface area contributed by atoms with E-state index in [0.29, 0.717) is 12.4 Å². The predicted octanol–water partition coefficient (Wildman–Crippen LogP) is 3.02. The standard InChI is InChI=1S/C13H14N2O2S/c1-2-9-6-7-18-11(9)8-14-12-5-3-4-10(15-12)13(16)17/h3-7H,2,8H2,1H3,(H,14,15)(H,16,17). The second-order valence-corrected chi connectivity index (χ2v) is 4.79. The maximum atomic E-state index is 10.8. The minimum absolute atomic E-state index is 0.0573. The number of aromatic nitrogens is 1. The Morgan fingerprint density at radius 2 is 2.28 bits per heavy atom. The van der Waals surface area contributed by atoms with Crippen molar-refractivity contribution in [2.75, 3.05) is 5.32 Å². The molecular weight excluding hydrogens is 248 g/mol. The molecule has 0 atom stereocenters. The summed E-state index contributed by atoms with van der Waals surface area (Å²) in [7, 11) is 0. The van der Waals surface area contributed by atoms with Gasteiger partial charge in [0.1, 0.15) is 5.82 Å². The minimum atomic E-state index is -1.01. The minimum Gasteiger partial charge on any atom is -0.477 e. The zero-order valence-corrected chi connectivity index (χ0v) is 10.8. The van der Waals surface area contributed by atoms with Crippen LogP contribution in [0.4, 0.5) is 5.82 Å². The van der Waals surface area contributed by atoms with Crippen LogP contribution in [-0.2, 0) is 13.0 Å². The largest absolute Gasteiger partial charge is 0.477 e. The first-order chi connectivity index (χ1) is 8.70. The molecule has 2 heterocycles. The van der Waals surface area contributed by atoms with Crippen LogP contribution in [-0.4, -0.2) is 16.1 Å². The molecule has 0 spiro atoms. The molecule has 2 aromatic rings. The van der Waals surface area contributed by atoms with E-state index >= 15 is 0 Å². The van der Waals surface area contributed by atoms with Crippen LogP contribution in [0.3, 0.4) is 0 Å². The second-order valence-electron chi connectivity index (χ2n) is 3.79. The topological polar surface area (TPSA) is 62.2 Å². The van der Waals surface area contributed by atoms with E-state index in [-0.39, 0.29) is 5.69 Å². The van der Waals surface area contributed by atoms with Crippen molar-refractivity contribution in [3.05, 3.63) is 45.8 Å². The van der Waals surface area contributed by atoms with Gasteiger partial charge in [-0.15, -0.1) is 11.3 Å². The molecule has 0 aliphatic rings. The van der Waals surface area contributed by atoms with Crippen molar-refractivity contribution in [2.45, 2.75) is 19.9 Å². The van der Waals surface area contributed by atoms with Crippen LogP contribution in [0.5, 0.6) is 0 Å². The number of rotatable bonds is 5. The zero-order chi connectivity index (χ0) is 13.0. The summed E-state index contributed by atoms with van der Waals surface area (Å²) in [5.74, 6) is -0.422. The Morgan fingerprint density at radius 3 is 3.00 bits per heavy atom. The highest BCUT2D eigenvalue weighted by atomic mass is 32.1. The second kappa shape index (κ2) is 5.64. The Balaban J connectivity index is 2.06. The van der Waals surface area contributed by atoms with Gasteiger partial charge in [0.15, 0.2) is 5.69 Å². The lowest BCUT2D eigenvalue weighted by Gasteiger charge is -2.06. The summed E-state index contributed by atoms with van der Waals surface area (Å²) >= 11 is 1.70. The fourth-order valence-corrected chi connectivity index (χ4v) is 2.58. The Labute approximate surface area is 109 Å². The SMILES string of the molecule is CCc1ccsc1CNc1cccc(C(=O)O)n1. The third-order valence-corrected chi connectivity index (χ3v) is 3.58. The van der Waals surface area contributed by atoms with Crippen molar-refractivity contribution in [1.29, 1.82) is 0 Å². The van der Waals surface area contributed by atoms with Gasteiger partial charge in [0.25, 0.3) is 0 Å². The number of carboxylic acids is 1. The molecule has 0 fully saturated rings. The van der Waals surface area contributed by atoms with Gasteiger partial charge >= 0.3 is 5.97 Å². The summed E-state index contributed by atoms with van der Waals surface area (Å²) in [5, 5.41) is 14.1. The summed E-state index contributed by atoms with van der Waals surface area (Å²) in [6, 6.07) is 7.05. The molecule has 0 amide bonds. The van der Waals surface area contributed by atoms with Crippen LogP contribution >= 0.6 is 11.3 Å². The lowest BCUT2D eigenvalue weighted by atomic mass is 10.2. The first-order valence-electron chi connectivity index (χ1n) is 5.70. The van der Waals surface area contributed by atoms with Crippen molar-refractivity contribution in [1.82, 2.24) is 4.98 Å². The van der Waals surface area contributed by atoms with Gasteiger partial charge in [0.05, 0.1) is 6.54 Å². The fourth-order valence-electron chi connectivity index (χ4n) is 1.66. The van der Waals surface area contributed by atoms with Gasteiger partial charge in [-0.25, -0.2) is 9.78 Å². The number of anilines is 1. The fraction of sp³-hybridized carbons (Fsp3) is 0.231. The quantitative estimate of drug-likeness (QED) is 0.869. The number of aryl methyl sites for hydroxylation is 1. The highest BCUT2D eigenvalue weighted by molar-refractivity contribution is 7.10. The molecule has 0 unspecified atom stereocenters. The average Bonchev–Trinajstić information content (AvgIpc) is 2.84. The Hall–Kier alpha value is -1.88. The van der Waals surface area contributed by atoms with Crippen LogP contribution < -0.4 is 5.32 Å². The third kappa shape index (κ3) is 2.87. The molecular formula is C13H14N2O2S. The van der Waals surface area contributed by atoms with Crippen LogP contribution in [0.2, 0.25) is 0 Å². The maximum Gasteiger partial charge on any atom is 0.354 e.